The van der Waals surface area contributed by atoms with Crippen molar-refractivity contribution in [1.29, 1.82) is 0 Å². The van der Waals surface area contributed by atoms with Gasteiger partial charge >= 0.3 is 0 Å². The van der Waals surface area contributed by atoms with Gasteiger partial charge in [-0.1, -0.05) is 31.9 Å². The summed E-state index contributed by atoms with van der Waals surface area (Å²) in [5.74, 6) is -1.09. The van der Waals surface area contributed by atoms with Crippen LogP contribution in [0.1, 0.15) is 0 Å². The quantitative estimate of drug-likeness (QED) is 0.622. The molecular formula is C3H3Br2O2-. The van der Waals surface area contributed by atoms with Gasteiger partial charge in [-0.2, -0.15) is 0 Å². The third-order valence-electron chi connectivity index (χ3n) is 0.391. The van der Waals surface area contributed by atoms with E-state index in [0.717, 1.165) is 0 Å². The third-order valence-corrected chi connectivity index (χ3v) is 2.61. The van der Waals surface area contributed by atoms with Crippen molar-refractivity contribution in [2.75, 3.05) is 5.33 Å². The van der Waals surface area contributed by atoms with Crippen molar-refractivity contribution >= 4 is 37.8 Å². The second kappa shape index (κ2) is 3.43. The number of carbonyl (C=O) groups excluding carboxylic acids is 1. The van der Waals surface area contributed by atoms with Gasteiger partial charge in [0.1, 0.15) is 0 Å². The molecule has 0 saturated heterocycles. The average Bonchev–Trinajstić information content (AvgIpc) is 1.65. The maximum absolute atomic E-state index is 9.74. The molecule has 0 saturated carbocycles. The molecule has 0 aliphatic carbocycles. The van der Waals surface area contributed by atoms with Gasteiger partial charge in [0.15, 0.2) is 0 Å². The van der Waals surface area contributed by atoms with Crippen molar-refractivity contribution in [3.63, 3.8) is 0 Å². The zero-order chi connectivity index (χ0) is 5.86. The lowest BCUT2D eigenvalue weighted by molar-refractivity contribution is -0.304. The Morgan fingerprint density at radius 3 is 2.29 bits per heavy atom. The fourth-order valence-corrected chi connectivity index (χ4v) is 0.327. The molecule has 0 aliphatic rings. The molecule has 1 atom stereocenters. The van der Waals surface area contributed by atoms with E-state index in [2.05, 4.69) is 31.9 Å². The summed E-state index contributed by atoms with van der Waals surface area (Å²) >= 11 is 5.78. The minimum Gasteiger partial charge on any atom is -0.549 e. The normalized spacial score (nSPS) is 13.4. The van der Waals surface area contributed by atoms with Gasteiger partial charge in [-0.25, -0.2) is 0 Å². The summed E-state index contributed by atoms with van der Waals surface area (Å²) in [6.07, 6.45) is 0. The SMILES string of the molecule is O=C([O-])[C@@H](Br)CBr. The largest absolute Gasteiger partial charge is 0.549 e. The highest BCUT2D eigenvalue weighted by Crippen LogP contribution is 2.00. The molecule has 0 N–H and O–H groups in total. The molecule has 0 bridgehead atoms. The minimum absolute atomic E-state index is 0.384. The van der Waals surface area contributed by atoms with Crippen LogP contribution in [0.3, 0.4) is 0 Å². The molecule has 42 valence electrons. The standard InChI is InChI=1S/C3H4Br2O2/c4-1-2(5)3(6)7/h2H,1H2,(H,6,7)/p-1/t2-/m0/s1. The molecule has 0 radical (unpaired) electrons. The Balaban J connectivity index is 3.34. The third kappa shape index (κ3) is 3.05. The van der Waals surface area contributed by atoms with Crippen LogP contribution in [0.15, 0.2) is 0 Å². The van der Waals surface area contributed by atoms with E-state index in [1.54, 1.807) is 0 Å². The number of halogens is 2. The second-order valence-electron chi connectivity index (χ2n) is 0.941. The Morgan fingerprint density at radius 1 is 1.86 bits per heavy atom. The predicted molar refractivity (Wildman–Crippen MR) is 31.5 cm³/mol. The van der Waals surface area contributed by atoms with E-state index in [9.17, 15) is 9.90 Å². The first kappa shape index (κ1) is 7.43. The molecule has 0 aromatic heterocycles. The summed E-state index contributed by atoms with van der Waals surface area (Å²) in [5, 5.41) is 10.1. The molecule has 0 heterocycles. The van der Waals surface area contributed by atoms with Crippen LogP contribution in [-0.2, 0) is 4.79 Å². The van der Waals surface area contributed by atoms with Crippen molar-refractivity contribution in [3.8, 4) is 0 Å². The van der Waals surface area contributed by atoms with Gasteiger partial charge in [-0.15, -0.1) is 0 Å². The molecule has 0 amide bonds. The van der Waals surface area contributed by atoms with Crippen molar-refractivity contribution in [3.05, 3.63) is 0 Å². The number of hydrogen-bond acceptors (Lipinski definition) is 2. The summed E-state index contributed by atoms with van der Waals surface area (Å²) in [4.78, 5) is 9.18. The van der Waals surface area contributed by atoms with Crippen LogP contribution in [0.2, 0.25) is 0 Å². The highest BCUT2D eigenvalue weighted by molar-refractivity contribution is 9.12. The van der Waals surface area contributed by atoms with Crippen molar-refractivity contribution < 1.29 is 9.90 Å². The Bertz CT molecular complexity index is 73.3. The van der Waals surface area contributed by atoms with Crippen LogP contribution < -0.4 is 5.11 Å². The second-order valence-corrected chi connectivity index (χ2v) is 2.69. The van der Waals surface area contributed by atoms with Gasteiger partial charge in [0.25, 0.3) is 0 Å². The van der Waals surface area contributed by atoms with Crippen LogP contribution in [0.5, 0.6) is 0 Å². The molecule has 0 aliphatic heterocycles. The van der Waals surface area contributed by atoms with Gasteiger partial charge in [-0.05, 0) is 0 Å². The van der Waals surface area contributed by atoms with E-state index in [4.69, 9.17) is 0 Å². The van der Waals surface area contributed by atoms with Crippen LogP contribution in [0.25, 0.3) is 0 Å². The minimum atomic E-state index is -1.09. The first-order valence-electron chi connectivity index (χ1n) is 1.59. The number of carboxylic acids is 1. The van der Waals surface area contributed by atoms with Gasteiger partial charge in [-0.3, -0.25) is 0 Å². The van der Waals surface area contributed by atoms with Crippen molar-refractivity contribution in [2.24, 2.45) is 0 Å². The van der Waals surface area contributed by atoms with Gasteiger partial charge < -0.3 is 9.90 Å². The molecule has 0 aromatic rings. The molecule has 7 heavy (non-hydrogen) atoms. The molecule has 0 unspecified atom stereocenters. The van der Waals surface area contributed by atoms with Crippen LogP contribution in [0.4, 0.5) is 0 Å². The molecule has 0 aromatic carbocycles. The van der Waals surface area contributed by atoms with Crippen molar-refractivity contribution in [2.45, 2.75) is 4.83 Å². The number of carbonyl (C=O) groups is 1. The lowest BCUT2D eigenvalue weighted by atomic mass is 10.5. The summed E-state index contributed by atoms with van der Waals surface area (Å²) < 4.78 is 0. The van der Waals surface area contributed by atoms with Gasteiger partial charge in [0, 0.05) is 5.33 Å². The Morgan fingerprint density at radius 2 is 2.29 bits per heavy atom. The molecule has 2 nitrogen and oxygen atoms in total. The Kier molecular flexibility index (Phi) is 3.65. The molecule has 4 heteroatoms. The van der Waals surface area contributed by atoms with E-state index in [-0.39, 0.29) is 0 Å². The number of aliphatic carboxylic acids is 1. The first-order valence-corrected chi connectivity index (χ1v) is 3.63. The van der Waals surface area contributed by atoms with E-state index < -0.39 is 10.8 Å². The highest BCUT2D eigenvalue weighted by atomic mass is 79.9. The summed E-state index contributed by atoms with van der Waals surface area (Å²) in [6, 6.07) is 0. The number of alkyl halides is 2. The summed E-state index contributed by atoms with van der Waals surface area (Å²) in [5.41, 5.74) is 0. The fraction of sp³-hybridized carbons (Fsp3) is 0.667. The van der Waals surface area contributed by atoms with Crippen molar-refractivity contribution in [1.82, 2.24) is 0 Å². The Hall–Kier alpha value is 0.430. The Labute approximate surface area is 58.2 Å². The molecule has 0 rings (SSSR count). The lowest BCUT2D eigenvalue weighted by Gasteiger charge is -2.03. The maximum atomic E-state index is 9.74. The number of carboxylic acid groups (broad SMARTS) is 1. The van der Waals surface area contributed by atoms with E-state index in [1.165, 1.54) is 0 Å². The average molecular weight is 231 g/mol. The molecule has 0 spiro atoms. The summed E-state index contributed by atoms with van der Waals surface area (Å²) in [6.45, 7) is 0. The first-order chi connectivity index (χ1) is 3.18. The monoisotopic (exact) mass is 229 g/mol. The summed E-state index contributed by atoms with van der Waals surface area (Å²) in [7, 11) is 0. The smallest absolute Gasteiger partial charge is 0.0638 e. The van der Waals surface area contributed by atoms with Crippen LogP contribution in [0, 0.1) is 0 Å². The zero-order valence-electron chi connectivity index (χ0n) is 3.36. The van der Waals surface area contributed by atoms with Gasteiger partial charge in [0.05, 0.1) is 10.8 Å². The van der Waals surface area contributed by atoms with Crippen LogP contribution in [-0.4, -0.2) is 16.1 Å². The molecule has 0 fully saturated rings. The van der Waals surface area contributed by atoms with Crippen LogP contribution >= 0.6 is 31.9 Å². The maximum Gasteiger partial charge on any atom is 0.0638 e. The van der Waals surface area contributed by atoms with Gasteiger partial charge in [0.2, 0.25) is 0 Å². The topological polar surface area (TPSA) is 40.1 Å². The van der Waals surface area contributed by atoms with E-state index in [0.29, 0.717) is 5.33 Å². The number of rotatable bonds is 2. The lowest BCUT2D eigenvalue weighted by Crippen LogP contribution is -2.32. The molecular weight excluding hydrogens is 228 g/mol. The van der Waals surface area contributed by atoms with E-state index >= 15 is 0 Å². The zero-order valence-corrected chi connectivity index (χ0v) is 6.53. The predicted octanol–water partition coefficient (Wildman–Crippen LogP) is -0.105. The highest BCUT2D eigenvalue weighted by Gasteiger charge is 1.98. The van der Waals surface area contributed by atoms with E-state index in [1.807, 2.05) is 0 Å². The fourth-order valence-electron chi connectivity index (χ4n) is 0.0630. The number of hydrogen-bond donors (Lipinski definition) is 0.